The van der Waals surface area contributed by atoms with Crippen LogP contribution in [0.25, 0.3) is 10.8 Å². The van der Waals surface area contributed by atoms with Crippen LogP contribution in [-0.4, -0.2) is 16.8 Å². The van der Waals surface area contributed by atoms with E-state index in [0.717, 1.165) is 36.8 Å². The lowest BCUT2D eigenvalue weighted by atomic mass is 10.0. The van der Waals surface area contributed by atoms with Crippen LogP contribution in [0, 0.1) is 5.92 Å². The van der Waals surface area contributed by atoms with Crippen molar-refractivity contribution in [2.24, 2.45) is 5.92 Å². The van der Waals surface area contributed by atoms with Crippen LogP contribution in [0.3, 0.4) is 0 Å². The van der Waals surface area contributed by atoms with Gasteiger partial charge in [-0.05, 0) is 48.3 Å². The van der Waals surface area contributed by atoms with Gasteiger partial charge in [0, 0.05) is 22.4 Å². The summed E-state index contributed by atoms with van der Waals surface area (Å²) < 4.78 is 0. The molecule has 2 aliphatic rings. The molecule has 0 atom stereocenters. The second-order valence-corrected chi connectivity index (χ2v) is 8.10. The van der Waals surface area contributed by atoms with Gasteiger partial charge in [0.1, 0.15) is 0 Å². The molecule has 1 fully saturated rings. The summed E-state index contributed by atoms with van der Waals surface area (Å²) in [6, 6.07) is 10.4. The first-order valence-corrected chi connectivity index (χ1v) is 10.1. The molecule has 2 aliphatic carbocycles. The van der Waals surface area contributed by atoms with Crippen molar-refractivity contribution < 1.29 is 9.59 Å². The minimum absolute atomic E-state index is 0.0354. The third-order valence-corrected chi connectivity index (χ3v) is 6.03. The second kappa shape index (κ2) is 6.46. The number of carbonyl (C=O) groups is 2. The Morgan fingerprint density at radius 3 is 2.70 bits per heavy atom. The molecule has 2 N–H and O–H groups in total. The summed E-state index contributed by atoms with van der Waals surface area (Å²) in [5.41, 5.74) is 4.23. The summed E-state index contributed by atoms with van der Waals surface area (Å²) in [6.45, 7) is 0. The number of aryl methyl sites for hydroxylation is 2. The lowest BCUT2D eigenvalue weighted by Crippen LogP contribution is -2.15. The molecular formula is C21H19N3O2S. The Labute approximate surface area is 160 Å². The van der Waals surface area contributed by atoms with Crippen molar-refractivity contribution in [3.63, 3.8) is 0 Å². The first kappa shape index (κ1) is 16.4. The zero-order valence-corrected chi connectivity index (χ0v) is 15.6. The van der Waals surface area contributed by atoms with Gasteiger partial charge in [0.25, 0.3) is 0 Å². The van der Waals surface area contributed by atoms with E-state index in [1.165, 1.54) is 27.8 Å². The van der Waals surface area contributed by atoms with Crippen LogP contribution in [0.5, 0.6) is 0 Å². The van der Waals surface area contributed by atoms with Gasteiger partial charge < -0.3 is 10.6 Å². The molecule has 0 radical (unpaired) electrons. The number of nitrogens with zero attached hydrogens (tertiary/aromatic N) is 1. The van der Waals surface area contributed by atoms with E-state index in [1.807, 2.05) is 11.4 Å². The lowest BCUT2D eigenvalue weighted by Gasteiger charge is -2.10. The highest BCUT2D eigenvalue weighted by atomic mass is 32.1. The number of carbonyl (C=O) groups excluding carboxylic acids is 2. The lowest BCUT2D eigenvalue weighted by molar-refractivity contribution is -0.117. The van der Waals surface area contributed by atoms with E-state index in [0.29, 0.717) is 10.8 Å². The molecule has 2 amide bonds. The first-order valence-electron chi connectivity index (χ1n) is 9.26. The van der Waals surface area contributed by atoms with Gasteiger partial charge in [-0.25, -0.2) is 4.98 Å². The maximum absolute atomic E-state index is 12.5. The van der Waals surface area contributed by atoms with E-state index < -0.39 is 0 Å². The number of rotatable bonds is 5. The van der Waals surface area contributed by atoms with Crippen LogP contribution in [0.2, 0.25) is 0 Å². The van der Waals surface area contributed by atoms with E-state index in [2.05, 4.69) is 39.9 Å². The van der Waals surface area contributed by atoms with Gasteiger partial charge in [0.05, 0.1) is 12.1 Å². The fourth-order valence-corrected chi connectivity index (χ4v) is 4.43. The van der Waals surface area contributed by atoms with E-state index in [4.69, 9.17) is 0 Å². The molecule has 5 rings (SSSR count). The van der Waals surface area contributed by atoms with Crippen LogP contribution < -0.4 is 10.6 Å². The summed E-state index contributed by atoms with van der Waals surface area (Å²) in [4.78, 5) is 28.7. The van der Waals surface area contributed by atoms with Crippen molar-refractivity contribution in [2.75, 3.05) is 10.6 Å². The van der Waals surface area contributed by atoms with Crippen LogP contribution in [0.15, 0.2) is 35.7 Å². The van der Waals surface area contributed by atoms with Gasteiger partial charge in [-0.15, -0.1) is 11.3 Å². The Morgan fingerprint density at radius 1 is 1.07 bits per heavy atom. The van der Waals surface area contributed by atoms with Gasteiger partial charge in [0.2, 0.25) is 11.8 Å². The first-order chi connectivity index (χ1) is 13.2. The highest BCUT2D eigenvalue weighted by Gasteiger charge is 2.30. The average Bonchev–Trinajstić information content (AvgIpc) is 3.30. The van der Waals surface area contributed by atoms with Crippen molar-refractivity contribution in [2.45, 2.75) is 32.1 Å². The summed E-state index contributed by atoms with van der Waals surface area (Å²) in [5.74, 6) is 0.0803. The maximum Gasteiger partial charge on any atom is 0.230 e. The number of amides is 2. The molecule has 136 valence electrons. The van der Waals surface area contributed by atoms with Crippen LogP contribution in [0.4, 0.5) is 10.8 Å². The quantitative estimate of drug-likeness (QED) is 0.708. The fraction of sp³-hybridized carbons (Fsp3) is 0.286. The number of hydrogen-bond donors (Lipinski definition) is 2. The Balaban J connectivity index is 1.30. The van der Waals surface area contributed by atoms with Crippen molar-refractivity contribution >= 4 is 44.7 Å². The third kappa shape index (κ3) is 3.21. The predicted molar refractivity (Wildman–Crippen MR) is 107 cm³/mol. The smallest absolute Gasteiger partial charge is 0.230 e. The number of benzene rings is 2. The highest BCUT2D eigenvalue weighted by molar-refractivity contribution is 7.13. The van der Waals surface area contributed by atoms with Gasteiger partial charge in [-0.2, -0.15) is 0 Å². The Bertz CT molecular complexity index is 1060. The number of aromatic nitrogens is 1. The van der Waals surface area contributed by atoms with Crippen molar-refractivity contribution in [3.05, 3.63) is 52.5 Å². The highest BCUT2D eigenvalue weighted by Crippen LogP contribution is 2.35. The molecule has 27 heavy (non-hydrogen) atoms. The third-order valence-electron chi connectivity index (χ3n) is 5.22. The number of nitrogens with one attached hydrogen (secondary N) is 2. The van der Waals surface area contributed by atoms with Gasteiger partial charge in [-0.1, -0.05) is 24.3 Å². The van der Waals surface area contributed by atoms with Gasteiger partial charge >= 0.3 is 0 Å². The maximum atomic E-state index is 12.5. The minimum Gasteiger partial charge on any atom is -0.325 e. The monoisotopic (exact) mass is 377 g/mol. The summed E-state index contributed by atoms with van der Waals surface area (Å²) in [5, 5.41) is 10.6. The number of thiazole rings is 1. The minimum atomic E-state index is -0.0981. The average molecular weight is 377 g/mol. The fourth-order valence-electron chi connectivity index (χ4n) is 3.71. The predicted octanol–water partition coefficient (Wildman–Crippen LogP) is 3.92. The zero-order valence-electron chi connectivity index (χ0n) is 14.7. The molecule has 3 aromatic rings. The van der Waals surface area contributed by atoms with Crippen molar-refractivity contribution in [1.82, 2.24) is 4.98 Å². The molecule has 0 aliphatic heterocycles. The molecule has 5 nitrogen and oxygen atoms in total. The van der Waals surface area contributed by atoms with Crippen LogP contribution >= 0.6 is 11.3 Å². The summed E-state index contributed by atoms with van der Waals surface area (Å²) in [7, 11) is 0. The molecule has 0 bridgehead atoms. The summed E-state index contributed by atoms with van der Waals surface area (Å²) >= 11 is 1.36. The van der Waals surface area contributed by atoms with Crippen molar-refractivity contribution in [3.8, 4) is 0 Å². The van der Waals surface area contributed by atoms with Crippen LogP contribution in [0.1, 0.15) is 29.7 Å². The molecule has 6 heteroatoms. The second-order valence-electron chi connectivity index (χ2n) is 7.24. The Hall–Kier alpha value is -2.73. The Kier molecular flexibility index (Phi) is 3.93. The van der Waals surface area contributed by atoms with Gasteiger partial charge in [-0.3, -0.25) is 9.59 Å². The topological polar surface area (TPSA) is 71.1 Å². The van der Waals surface area contributed by atoms with Gasteiger partial charge in [0.15, 0.2) is 5.13 Å². The normalized spacial score (nSPS) is 15.1. The molecule has 0 saturated heterocycles. The van der Waals surface area contributed by atoms with E-state index in [9.17, 15) is 9.59 Å². The van der Waals surface area contributed by atoms with E-state index >= 15 is 0 Å². The van der Waals surface area contributed by atoms with E-state index in [-0.39, 0.29) is 24.2 Å². The SMILES string of the molecule is O=C(Cc1csc(NC(=O)C2CC2)n1)Nc1ccc2c3c(cccc13)CC2. The largest absolute Gasteiger partial charge is 0.325 e. The molecule has 1 heterocycles. The van der Waals surface area contributed by atoms with Crippen LogP contribution in [-0.2, 0) is 28.9 Å². The molecular weight excluding hydrogens is 358 g/mol. The molecule has 1 saturated carbocycles. The molecule has 0 spiro atoms. The standard InChI is InChI=1S/C21H19N3O2S/c25-18(10-15-11-27-21(22-15)24-20(26)14-6-7-14)23-17-9-8-13-5-4-12-2-1-3-16(17)19(12)13/h1-3,8-9,11,14H,4-7,10H2,(H,23,25)(H,22,24,26). The number of anilines is 2. The summed E-state index contributed by atoms with van der Waals surface area (Å²) in [6.07, 6.45) is 4.25. The zero-order chi connectivity index (χ0) is 18.4. The molecule has 0 unspecified atom stereocenters. The van der Waals surface area contributed by atoms with E-state index in [1.54, 1.807) is 0 Å². The Morgan fingerprint density at radius 2 is 1.89 bits per heavy atom. The number of hydrogen-bond acceptors (Lipinski definition) is 4. The molecule has 1 aromatic heterocycles. The van der Waals surface area contributed by atoms with Crippen molar-refractivity contribution in [1.29, 1.82) is 0 Å². The molecule has 2 aromatic carbocycles.